The molecule has 1 aromatic heterocycles. The number of para-hydroxylation sites is 1. The van der Waals surface area contributed by atoms with E-state index in [1.54, 1.807) is 12.3 Å². The number of carbonyl (C=O) groups is 1. The molecule has 1 heterocycles. The topological polar surface area (TPSA) is 48.5 Å². The number of amides is 1. The van der Waals surface area contributed by atoms with Crippen molar-refractivity contribution in [1.29, 1.82) is 0 Å². The Labute approximate surface area is 173 Å². The molecular weight excluding hydrogens is 360 g/mol. The number of hydrogen-bond donors (Lipinski definition) is 1. The van der Waals surface area contributed by atoms with Crippen molar-refractivity contribution in [3.63, 3.8) is 0 Å². The van der Waals surface area contributed by atoms with Crippen molar-refractivity contribution in [3.05, 3.63) is 78.6 Å². The second kappa shape index (κ2) is 9.73. The van der Waals surface area contributed by atoms with Crippen LogP contribution in [0.2, 0.25) is 0 Å². The van der Waals surface area contributed by atoms with E-state index < -0.39 is 0 Å². The molecule has 29 heavy (non-hydrogen) atoms. The van der Waals surface area contributed by atoms with Gasteiger partial charge in [0.25, 0.3) is 5.91 Å². The fraction of sp³-hybridized carbons (Fsp3) is 0.250. The van der Waals surface area contributed by atoms with Gasteiger partial charge in [-0.3, -0.25) is 4.79 Å². The molecule has 0 aliphatic rings. The van der Waals surface area contributed by atoms with Crippen LogP contribution < -0.4 is 15.1 Å². The molecule has 0 saturated carbocycles. The summed E-state index contributed by atoms with van der Waals surface area (Å²) in [5, 5.41) is 2.92. The minimum atomic E-state index is -0.213. The maximum atomic E-state index is 12.6. The Morgan fingerprint density at radius 2 is 1.45 bits per heavy atom. The van der Waals surface area contributed by atoms with E-state index in [4.69, 9.17) is 0 Å². The lowest BCUT2D eigenvalue weighted by atomic mass is 10.2. The fourth-order valence-electron chi connectivity index (χ4n) is 3.34. The highest BCUT2D eigenvalue weighted by molar-refractivity contribution is 6.03. The predicted octanol–water partition coefficient (Wildman–Crippen LogP) is 5.34. The van der Waals surface area contributed by atoms with Crippen LogP contribution in [-0.4, -0.2) is 30.5 Å². The first-order valence-corrected chi connectivity index (χ1v) is 10.1. The van der Waals surface area contributed by atoms with Crippen molar-refractivity contribution in [2.24, 2.45) is 0 Å². The fourth-order valence-corrected chi connectivity index (χ4v) is 3.34. The third kappa shape index (κ3) is 4.93. The molecule has 5 nitrogen and oxygen atoms in total. The number of aromatic nitrogens is 1. The largest absolute Gasteiger partial charge is 0.372 e. The minimum Gasteiger partial charge on any atom is -0.372 e. The standard InChI is InChI=1S/C24H28N4O/c1-4-27(5-2)20-14-12-19(13-15-20)26-24(29)23-17-16-22(18-25-23)28(6-3)21-10-8-7-9-11-21/h7-18H,4-6H2,1-3H3,(H,26,29). The normalized spacial score (nSPS) is 10.4. The molecule has 3 rings (SSSR count). The van der Waals surface area contributed by atoms with Crippen LogP contribution in [-0.2, 0) is 0 Å². The van der Waals surface area contributed by atoms with Crippen LogP contribution in [0.25, 0.3) is 0 Å². The van der Waals surface area contributed by atoms with E-state index in [0.29, 0.717) is 5.69 Å². The Morgan fingerprint density at radius 3 is 2.00 bits per heavy atom. The predicted molar refractivity (Wildman–Crippen MR) is 121 cm³/mol. The van der Waals surface area contributed by atoms with Gasteiger partial charge >= 0.3 is 0 Å². The Morgan fingerprint density at radius 1 is 0.793 bits per heavy atom. The lowest BCUT2D eigenvalue weighted by Gasteiger charge is -2.23. The van der Waals surface area contributed by atoms with Gasteiger partial charge in [-0.15, -0.1) is 0 Å². The Balaban J connectivity index is 1.69. The Bertz CT molecular complexity index is 904. The molecule has 3 aromatic rings. The van der Waals surface area contributed by atoms with Crippen LogP contribution in [0.15, 0.2) is 72.9 Å². The van der Waals surface area contributed by atoms with Gasteiger partial charge in [0, 0.05) is 36.7 Å². The van der Waals surface area contributed by atoms with Gasteiger partial charge in [0.1, 0.15) is 5.69 Å². The summed E-state index contributed by atoms with van der Waals surface area (Å²) in [6.07, 6.45) is 1.74. The first-order valence-electron chi connectivity index (χ1n) is 10.1. The number of anilines is 4. The van der Waals surface area contributed by atoms with Gasteiger partial charge in [-0.1, -0.05) is 18.2 Å². The summed E-state index contributed by atoms with van der Waals surface area (Å²) in [6.45, 7) is 9.08. The van der Waals surface area contributed by atoms with E-state index >= 15 is 0 Å². The average molecular weight is 389 g/mol. The summed E-state index contributed by atoms with van der Waals surface area (Å²) in [6, 6.07) is 21.7. The molecule has 0 radical (unpaired) electrons. The summed E-state index contributed by atoms with van der Waals surface area (Å²) < 4.78 is 0. The summed E-state index contributed by atoms with van der Waals surface area (Å²) in [5.74, 6) is -0.213. The van der Waals surface area contributed by atoms with Crippen molar-refractivity contribution in [3.8, 4) is 0 Å². The second-order valence-electron chi connectivity index (χ2n) is 6.65. The summed E-state index contributed by atoms with van der Waals surface area (Å²) >= 11 is 0. The lowest BCUT2D eigenvalue weighted by molar-refractivity contribution is 0.102. The molecule has 1 N–H and O–H groups in total. The quantitative estimate of drug-likeness (QED) is 0.566. The molecule has 0 bridgehead atoms. The zero-order chi connectivity index (χ0) is 20.6. The molecule has 0 aliphatic heterocycles. The lowest BCUT2D eigenvalue weighted by Crippen LogP contribution is -2.21. The molecule has 0 spiro atoms. The number of nitrogens with one attached hydrogen (secondary N) is 1. The van der Waals surface area contributed by atoms with Crippen LogP contribution in [0.1, 0.15) is 31.3 Å². The highest BCUT2D eigenvalue weighted by Gasteiger charge is 2.11. The van der Waals surface area contributed by atoms with E-state index in [1.165, 1.54) is 0 Å². The molecule has 150 valence electrons. The van der Waals surface area contributed by atoms with Crippen molar-refractivity contribution < 1.29 is 4.79 Å². The Kier molecular flexibility index (Phi) is 6.85. The Hall–Kier alpha value is -3.34. The summed E-state index contributed by atoms with van der Waals surface area (Å²) in [7, 11) is 0. The van der Waals surface area contributed by atoms with E-state index in [1.807, 2.05) is 48.5 Å². The molecule has 0 unspecified atom stereocenters. The molecule has 2 aromatic carbocycles. The monoisotopic (exact) mass is 388 g/mol. The third-order valence-corrected chi connectivity index (χ3v) is 4.93. The van der Waals surface area contributed by atoms with Gasteiger partial charge in [-0.2, -0.15) is 0 Å². The molecule has 0 saturated heterocycles. The number of nitrogens with zero attached hydrogens (tertiary/aromatic N) is 3. The van der Waals surface area contributed by atoms with E-state index in [0.717, 1.165) is 42.4 Å². The number of benzene rings is 2. The second-order valence-corrected chi connectivity index (χ2v) is 6.65. The van der Waals surface area contributed by atoms with E-state index in [9.17, 15) is 4.79 Å². The molecule has 0 aliphatic carbocycles. The van der Waals surface area contributed by atoms with Gasteiger partial charge in [0.05, 0.1) is 11.9 Å². The first kappa shape index (κ1) is 20.4. The van der Waals surface area contributed by atoms with Crippen molar-refractivity contribution >= 4 is 28.7 Å². The van der Waals surface area contributed by atoms with Gasteiger partial charge < -0.3 is 15.1 Å². The maximum Gasteiger partial charge on any atom is 0.274 e. The zero-order valence-corrected chi connectivity index (χ0v) is 17.3. The average Bonchev–Trinajstić information content (AvgIpc) is 2.77. The van der Waals surface area contributed by atoms with Crippen molar-refractivity contribution in [1.82, 2.24) is 4.98 Å². The summed E-state index contributed by atoms with van der Waals surface area (Å²) in [4.78, 5) is 21.4. The minimum absolute atomic E-state index is 0.213. The van der Waals surface area contributed by atoms with Crippen LogP contribution in [0.4, 0.5) is 22.7 Å². The smallest absolute Gasteiger partial charge is 0.274 e. The highest BCUT2D eigenvalue weighted by Crippen LogP contribution is 2.24. The van der Waals surface area contributed by atoms with Crippen LogP contribution in [0.5, 0.6) is 0 Å². The van der Waals surface area contributed by atoms with Gasteiger partial charge in [0.15, 0.2) is 0 Å². The van der Waals surface area contributed by atoms with E-state index in [-0.39, 0.29) is 5.91 Å². The zero-order valence-electron chi connectivity index (χ0n) is 17.3. The van der Waals surface area contributed by atoms with Gasteiger partial charge in [-0.05, 0) is 69.3 Å². The maximum absolute atomic E-state index is 12.6. The van der Waals surface area contributed by atoms with Crippen LogP contribution >= 0.6 is 0 Å². The number of rotatable bonds is 8. The number of pyridine rings is 1. The van der Waals surface area contributed by atoms with Gasteiger partial charge in [-0.25, -0.2) is 4.98 Å². The van der Waals surface area contributed by atoms with Crippen LogP contribution in [0.3, 0.4) is 0 Å². The van der Waals surface area contributed by atoms with Gasteiger partial charge in [0.2, 0.25) is 0 Å². The van der Waals surface area contributed by atoms with Crippen LogP contribution in [0, 0.1) is 0 Å². The van der Waals surface area contributed by atoms with Crippen molar-refractivity contribution in [2.45, 2.75) is 20.8 Å². The van der Waals surface area contributed by atoms with Crippen molar-refractivity contribution in [2.75, 3.05) is 34.8 Å². The third-order valence-electron chi connectivity index (χ3n) is 4.93. The molecule has 0 atom stereocenters. The highest BCUT2D eigenvalue weighted by atomic mass is 16.1. The molecule has 1 amide bonds. The number of hydrogen-bond acceptors (Lipinski definition) is 4. The summed E-state index contributed by atoms with van der Waals surface area (Å²) in [5.41, 5.74) is 4.36. The molecular formula is C24H28N4O. The van der Waals surface area contributed by atoms with E-state index in [2.05, 4.69) is 53.0 Å². The molecule has 0 fully saturated rings. The number of carbonyl (C=O) groups excluding carboxylic acids is 1. The first-order chi connectivity index (χ1) is 14.2. The SMILES string of the molecule is CCN(CC)c1ccc(NC(=O)c2ccc(N(CC)c3ccccc3)cn2)cc1. The molecule has 5 heteroatoms.